The van der Waals surface area contributed by atoms with E-state index in [4.69, 9.17) is 9.47 Å². The van der Waals surface area contributed by atoms with Gasteiger partial charge in [-0.15, -0.1) is 0 Å². The molecule has 1 aliphatic rings. The van der Waals surface area contributed by atoms with Crippen LogP contribution in [0.2, 0.25) is 0 Å². The molecular formula is C13H27NO3. The number of aliphatic hydroxyl groups excluding tert-OH is 1. The Morgan fingerprint density at radius 3 is 2.24 bits per heavy atom. The quantitative estimate of drug-likeness (QED) is 0.788. The third-order valence-electron chi connectivity index (χ3n) is 3.70. The Morgan fingerprint density at radius 1 is 1.24 bits per heavy atom. The predicted molar refractivity (Wildman–Crippen MR) is 68.1 cm³/mol. The molecule has 0 aromatic rings. The summed E-state index contributed by atoms with van der Waals surface area (Å²) in [7, 11) is 3.75. The number of ether oxygens (including phenoxy) is 2. The summed E-state index contributed by atoms with van der Waals surface area (Å²) in [5.74, 6) is 0.124. The lowest BCUT2D eigenvalue weighted by Crippen LogP contribution is -2.43. The molecule has 0 amide bonds. The molecule has 0 spiro atoms. The minimum absolute atomic E-state index is 0.124. The van der Waals surface area contributed by atoms with Crippen molar-refractivity contribution in [1.29, 1.82) is 0 Å². The zero-order valence-electron chi connectivity index (χ0n) is 12.0. The van der Waals surface area contributed by atoms with E-state index in [0.717, 1.165) is 13.1 Å². The molecule has 1 rings (SSSR count). The molecule has 17 heavy (non-hydrogen) atoms. The number of likely N-dealkylation sites (N-methyl/N-ethyl adjacent to an activating group) is 1. The smallest absolute Gasteiger partial charge is 0.0896 e. The minimum Gasteiger partial charge on any atom is -0.390 e. The van der Waals surface area contributed by atoms with Gasteiger partial charge in [-0.2, -0.15) is 0 Å². The summed E-state index contributed by atoms with van der Waals surface area (Å²) < 4.78 is 11.0. The van der Waals surface area contributed by atoms with Gasteiger partial charge in [0.15, 0.2) is 0 Å². The summed E-state index contributed by atoms with van der Waals surface area (Å²) in [6, 6.07) is 0. The average Bonchev–Trinajstić information content (AvgIpc) is 2.33. The monoisotopic (exact) mass is 245 g/mol. The predicted octanol–water partition coefficient (Wildman–Crippen LogP) is 1.13. The summed E-state index contributed by atoms with van der Waals surface area (Å²) in [5, 5.41) is 10.3. The molecule has 4 nitrogen and oxygen atoms in total. The molecular weight excluding hydrogens is 218 g/mol. The Hall–Kier alpha value is -0.160. The summed E-state index contributed by atoms with van der Waals surface area (Å²) in [6.45, 7) is 10.4. The molecule has 1 aliphatic heterocycles. The fraction of sp³-hybridized carbons (Fsp3) is 1.00. The molecule has 0 saturated carbocycles. The Labute approximate surface area is 105 Å². The van der Waals surface area contributed by atoms with Crippen LogP contribution in [-0.4, -0.2) is 61.2 Å². The zero-order valence-corrected chi connectivity index (χ0v) is 12.0. The maximum atomic E-state index is 10.3. The van der Waals surface area contributed by atoms with Crippen molar-refractivity contribution in [2.45, 2.75) is 45.0 Å². The van der Waals surface area contributed by atoms with Crippen molar-refractivity contribution in [1.82, 2.24) is 4.90 Å². The normalized spacial score (nSPS) is 31.1. The molecule has 0 bridgehead atoms. The third kappa shape index (κ3) is 3.41. The Bertz CT molecular complexity index is 253. The first kappa shape index (κ1) is 14.9. The van der Waals surface area contributed by atoms with E-state index in [2.05, 4.69) is 18.7 Å². The lowest BCUT2D eigenvalue weighted by Gasteiger charge is -2.30. The van der Waals surface area contributed by atoms with Crippen molar-refractivity contribution in [2.75, 3.05) is 33.9 Å². The maximum Gasteiger partial charge on any atom is 0.0896 e. The highest BCUT2D eigenvalue weighted by Crippen LogP contribution is 2.42. The third-order valence-corrected chi connectivity index (χ3v) is 3.70. The van der Waals surface area contributed by atoms with Gasteiger partial charge in [0.05, 0.1) is 23.9 Å². The topological polar surface area (TPSA) is 41.9 Å². The van der Waals surface area contributed by atoms with Crippen molar-refractivity contribution in [2.24, 2.45) is 5.92 Å². The highest BCUT2D eigenvalue weighted by Gasteiger charge is 2.53. The SMILES string of the molecule is COCCN(C)CC1C(O)C(C)(C)OC1(C)C. The number of hydrogen-bond acceptors (Lipinski definition) is 4. The van der Waals surface area contributed by atoms with Crippen LogP contribution in [0.1, 0.15) is 27.7 Å². The Kier molecular flexibility index (Phi) is 4.58. The molecule has 2 unspecified atom stereocenters. The van der Waals surface area contributed by atoms with Crippen LogP contribution in [-0.2, 0) is 9.47 Å². The highest BCUT2D eigenvalue weighted by molar-refractivity contribution is 5.02. The first-order valence-electron chi connectivity index (χ1n) is 6.26. The van der Waals surface area contributed by atoms with Crippen LogP contribution in [0.25, 0.3) is 0 Å². The first-order chi connectivity index (χ1) is 7.70. The van der Waals surface area contributed by atoms with Crippen molar-refractivity contribution in [3.8, 4) is 0 Å². The van der Waals surface area contributed by atoms with Gasteiger partial charge in [-0.05, 0) is 34.7 Å². The van der Waals surface area contributed by atoms with Crippen LogP contribution < -0.4 is 0 Å². The van der Waals surface area contributed by atoms with Crippen LogP contribution in [0, 0.1) is 5.92 Å². The molecule has 0 aromatic carbocycles. The number of nitrogens with zero attached hydrogens (tertiary/aromatic N) is 1. The van der Waals surface area contributed by atoms with Crippen molar-refractivity contribution in [3.05, 3.63) is 0 Å². The molecule has 1 fully saturated rings. The molecule has 1 heterocycles. The lowest BCUT2D eigenvalue weighted by atomic mass is 9.84. The summed E-state index contributed by atoms with van der Waals surface area (Å²) in [6.07, 6.45) is -0.428. The van der Waals surface area contributed by atoms with Crippen LogP contribution in [0.4, 0.5) is 0 Å². The van der Waals surface area contributed by atoms with E-state index in [1.807, 2.05) is 20.9 Å². The van der Waals surface area contributed by atoms with Crippen LogP contribution in [0.5, 0.6) is 0 Å². The summed E-state index contributed by atoms with van der Waals surface area (Å²) >= 11 is 0. The van der Waals surface area contributed by atoms with Crippen LogP contribution in [0.3, 0.4) is 0 Å². The number of methoxy groups -OCH3 is 1. The van der Waals surface area contributed by atoms with E-state index in [1.165, 1.54) is 0 Å². The van der Waals surface area contributed by atoms with Gasteiger partial charge in [0.25, 0.3) is 0 Å². The van der Waals surface area contributed by atoms with Gasteiger partial charge in [-0.25, -0.2) is 0 Å². The second-order valence-electron chi connectivity index (χ2n) is 6.12. The largest absolute Gasteiger partial charge is 0.390 e. The number of hydrogen-bond donors (Lipinski definition) is 1. The fourth-order valence-electron chi connectivity index (χ4n) is 2.67. The summed E-state index contributed by atoms with van der Waals surface area (Å²) in [4.78, 5) is 2.18. The fourth-order valence-corrected chi connectivity index (χ4v) is 2.67. The molecule has 0 aliphatic carbocycles. The van der Waals surface area contributed by atoms with Gasteiger partial charge in [-0.3, -0.25) is 0 Å². The van der Waals surface area contributed by atoms with E-state index < -0.39 is 11.7 Å². The first-order valence-corrected chi connectivity index (χ1v) is 6.26. The zero-order chi connectivity index (χ0) is 13.3. The molecule has 4 heteroatoms. The molecule has 1 N–H and O–H groups in total. The summed E-state index contributed by atoms with van der Waals surface area (Å²) in [5.41, 5.74) is -0.749. The van der Waals surface area contributed by atoms with Gasteiger partial charge in [0.1, 0.15) is 0 Å². The second kappa shape index (κ2) is 5.22. The van der Waals surface area contributed by atoms with Gasteiger partial charge >= 0.3 is 0 Å². The van der Waals surface area contributed by atoms with E-state index in [-0.39, 0.29) is 11.5 Å². The standard InChI is InChI=1S/C13H27NO3/c1-12(2)10(9-14(5)7-8-16-6)11(15)13(3,4)17-12/h10-11,15H,7-9H2,1-6H3. The van der Waals surface area contributed by atoms with Crippen molar-refractivity contribution >= 4 is 0 Å². The number of rotatable bonds is 5. The molecule has 102 valence electrons. The Balaban J connectivity index is 2.63. The van der Waals surface area contributed by atoms with Gasteiger partial charge in [-0.1, -0.05) is 0 Å². The molecule has 1 saturated heterocycles. The van der Waals surface area contributed by atoms with Gasteiger partial charge < -0.3 is 19.5 Å². The van der Waals surface area contributed by atoms with Crippen molar-refractivity contribution < 1.29 is 14.6 Å². The highest BCUT2D eigenvalue weighted by atomic mass is 16.5. The van der Waals surface area contributed by atoms with Crippen LogP contribution in [0.15, 0.2) is 0 Å². The average molecular weight is 245 g/mol. The lowest BCUT2D eigenvalue weighted by molar-refractivity contribution is -0.0913. The Morgan fingerprint density at radius 2 is 1.82 bits per heavy atom. The second-order valence-corrected chi connectivity index (χ2v) is 6.12. The maximum absolute atomic E-state index is 10.3. The minimum atomic E-state index is -0.462. The van der Waals surface area contributed by atoms with Crippen LogP contribution >= 0.6 is 0 Å². The number of aliphatic hydroxyl groups is 1. The van der Waals surface area contributed by atoms with Gasteiger partial charge in [0.2, 0.25) is 0 Å². The van der Waals surface area contributed by atoms with E-state index in [9.17, 15) is 5.11 Å². The van der Waals surface area contributed by atoms with Gasteiger partial charge in [0, 0.05) is 26.1 Å². The van der Waals surface area contributed by atoms with Crippen molar-refractivity contribution in [3.63, 3.8) is 0 Å². The van der Waals surface area contributed by atoms with E-state index >= 15 is 0 Å². The molecule has 0 radical (unpaired) electrons. The molecule has 2 atom stereocenters. The van der Waals surface area contributed by atoms with E-state index in [0.29, 0.717) is 6.61 Å². The molecule has 0 aromatic heterocycles. The van der Waals surface area contributed by atoms with E-state index in [1.54, 1.807) is 7.11 Å².